The average molecular weight is 322 g/mol. The maximum atomic E-state index is 10.6. The predicted molar refractivity (Wildman–Crippen MR) is 85.5 cm³/mol. The number of ether oxygens (including phenoxy) is 1. The maximum Gasteiger partial charge on any atom is 0.241 e. The molecule has 21 heavy (non-hydrogen) atoms. The number of carbonyl (C=O) groups excluding carboxylic acids is 1. The highest BCUT2D eigenvalue weighted by molar-refractivity contribution is 6.42. The van der Waals surface area contributed by atoms with Crippen LogP contribution in [0.4, 0.5) is 0 Å². The summed E-state index contributed by atoms with van der Waals surface area (Å²) in [6, 6.07) is 12.7. The van der Waals surface area contributed by atoms with E-state index in [1.54, 1.807) is 18.2 Å². The van der Waals surface area contributed by atoms with Crippen LogP contribution in [0.5, 0.6) is 5.75 Å². The number of carbonyl (C=O) groups is 1. The molecule has 1 amide bonds. The van der Waals surface area contributed by atoms with E-state index in [2.05, 4.69) is 0 Å². The van der Waals surface area contributed by atoms with Crippen LogP contribution in [0, 0.1) is 0 Å². The van der Waals surface area contributed by atoms with Gasteiger partial charge < -0.3 is 10.5 Å². The summed E-state index contributed by atoms with van der Waals surface area (Å²) in [6.07, 6.45) is 2.96. The molecule has 2 aromatic carbocycles. The van der Waals surface area contributed by atoms with Gasteiger partial charge in [-0.1, -0.05) is 41.4 Å². The van der Waals surface area contributed by atoms with Gasteiger partial charge in [0, 0.05) is 6.08 Å². The lowest BCUT2D eigenvalue weighted by atomic mass is 10.2. The van der Waals surface area contributed by atoms with Crippen LogP contribution >= 0.6 is 23.2 Å². The molecule has 0 fully saturated rings. The van der Waals surface area contributed by atoms with Crippen LogP contribution in [0.25, 0.3) is 6.08 Å². The Balaban J connectivity index is 1.97. The Kier molecular flexibility index (Phi) is 5.26. The van der Waals surface area contributed by atoms with Gasteiger partial charge in [-0.15, -0.1) is 0 Å². The molecule has 0 heterocycles. The third-order valence-corrected chi connectivity index (χ3v) is 3.45. The lowest BCUT2D eigenvalue weighted by Crippen LogP contribution is -2.05. The fraction of sp³-hybridized carbons (Fsp3) is 0.0625. The molecule has 0 saturated heterocycles. The van der Waals surface area contributed by atoms with Gasteiger partial charge in [-0.05, 0) is 41.5 Å². The van der Waals surface area contributed by atoms with Crippen molar-refractivity contribution in [3.05, 3.63) is 69.7 Å². The van der Waals surface area contributed by atoms with E-state index in [0.717, 1.165) is 16.9 Å². The Morgan fingerprint density at radius 2 is 1.81 bits per heavy atom. The van der Waals surface area contributed by atoms with Crippen molar-refractivity contribution in [3.63, 3.8) is 0 Å². The minimum Gasteiger partial charge on any atom is -0.489 e. The van der Waals surface area contributed by atoms with Gasteiger partial charge in [0.15, 0.2) is 0 Å². The Morgan fingerprint density at radius 3 is 2.43 bits per heavy atom. The summed E-state index contributed by atoms with van der Waals surface area (Å²) in [4.78, 5) is 10.6. The lowest BCUT2D eigenvalue weighted by Gasteiger charge is -2.07. The number of hydrogen-bond donors (Lipinski definition) is 1. The molecule has 0 bridgehead atoms. The zero-order chi connectivity index (χ0) is 15.2. The van der Waals surface area contributed by atoms with Crippen molar-refractivity contribution in [2.75, 3.05) is 0 Å². The molecule has 0 saturated carbocycles. The molecule has 0 atom stereocenters. The molecule has 3 nitrogen and oxygen atoms in total. The highest BCUT2D eigenvalue weighted by Crippen LogP contribution is 2.23. The monoisotopic (exact) mass is 321 g/mol. The zero-order valence-electron chi connectivity index (χ0n) is 11.1. The summed E-state index contributed by atoms with van der Waals surface area (Å²) in [5.41, 5.74) is 6.84. The number of hydrogen-bond acceptors (Lipinski definition) is 2. The first-order chi connectivity index (χ1) is 10.0. The summed E-state index contributed by atoms with van der Waals surface area (Å²) >= 11 is 11.8. The fourth-order valence-electron chi connectivity index (χ4n) is 1.65. The van der Waals surface area contributed by atoms with Gasteiger partial charge in [0.05, 0.1) is 10.0 Å². The van der Waals surface area contributed by atoms with Crippen molar-refractivity contribution in [1.82, 2.24) is 0 Å². The van der Waals surface area contributed by atoms with Gasteiger partial charge in [-0.2, -0.15) is 0 Å². The average Bonchev–Trinajstić information content (AvgIpc) is 2.47. The van der Waals surface area contributed by atoms with Gasteiger partial charge in [-0.3, -0.25) is 4.79 Å². The minimum atomic E-state index is -0.477. The van der Waals surface area contributed by atoms with Crippen LogP contribution in [-0.2, 0) is 11.4 Å². The first-order valence-corrected chi connectivity index (χ1v) is 6.94. The molecule has 0 aliphatic rings. The SMILES string of the molecule is NC(=O)/C=C/c1ccc(OCc2ccc(Cl)c(Cl)c2)cc1. The quantitative estimate of drug-likeness (QED) is 0.844. The van der Waals surface area contributed by atoms with Crippen molar-refractivity contribution in [2.24, 2.45) is 5.73 Å². The molecular weight excluding hydrogens is 309 g/mol. The standard InChI is InChI=1S/C16H13Cl2NO2/c17-14-7-3-12(9-15(14)18)10-21-13-5-1-11(2-6-13)4-8-16(19)20/h1-9H,10H2,(H2,19,20)/b8-4+. The Bertz CT molecular complexity index is 666. The number of rotatable bonds is 5. The minimum absolute atomic E-state index is 0.396. The van der Waals surface area contributed by atoms with Gasteiger partial charge in [0.25, 0.3) is 0 Å². The van der Waals surface area contributed by atoms with Crippen molar-refractivity contribution in [1.29, 1.82) is 0 Å². The molecule has 0 spiro atoms. The third-order valence-electron chi connectivity index (χ3n) is 2.71. The van der Waals surface area contributed by atoms with Gasteiger partial charge in [0.1, 0.15) is 12.4 Å². The maximum absolute atomic E-state index is 10.6. The van der Waals surface area contributed by atoms with Crippen LogP contribution in [0.15, 0.2) is 48.5 Å². The second-order valence-electron chi connectivity index (χ2n) is 4.34. The van der Waals surface area contributed by atoms with E-state index < -0.39 is 5.91 Å². The predicted octanol–water partition coefficient (Wildman–Crippen LogP) is 4.07. The molecule has 2 aromatic rings. The number of benzene rings is 2. The molecule has 108 valence electrons. The molecule has 2 N–H and O–H groups in total. The zero-order valence-corrected chi connectivity index (χ0v) is 12.6. The van der Waals surface area contributed by atoms with E-state index in [1.807, 2.05) is 30.3 Å². The first kappa shape index (κ1) is 15.4. The van der Waals surface area contributed by atoms with Crippen LogP contribution in [0.3, 0.4) is 0 Å². The second kappa shape index (κ2) is 7.16. The Morgan fingerprint density at radius 1 is 1.10 bits per heavy atom. The summed E-state index contributed by atoms with van der Waals surface area (Å²) in [5, 5.41) is 1.02. The smallest absolute Gasteiger partial charge is 0.241 e. The van der Waals surface area contributed by atoms with E-state index in [-0.39, 0.29) is 0 Å². The highest BCUT2D eigenvalue weighted by Gasteiger charge is 2.01. The Hall–Kier alpha value is -1.97. The molecule has 0 aliphatic carbocycles. The number of primary amides is 1. The van der Waals surface area contributed by atoms with Crippen LogP contribution in [-0.4, -0.2) is 5.91 Å². The first-order valence-electron chi connectivity index (χ1n) is 6.19. The second-order valence-corrected chi connectivity index (χ2v) is 5.16. The van der Waals surface area contributed by atoms with Crippen LogP contribution in [0.1, 0.15) is 11.1 Å². The normalized spacial score (nSPS) is 10.8. The lowest BCUT2D eigenvalue weighted by molar-refractivity contribution is -0.113. The largest absolute Gasteiger partial charge is 0.489 e. The van der Waals surface area contributed by atoms with Crippen molar-refractivity contribution in [3.8, 4) is 5.75 Å². The van der Waals surface area contributed by atoms with Gasteiger partial charge >= 0.3 is 0 Å². The molecule has 2 rings (SSSR count). The van der Waals surface area contributed by atoms with Crippen LogP contribution in [0.2, 0.25) is 10.0 Å². The van der Waals surface area contributed by atoms with E-state index in [0.29, 0.717) is 16.7 Å². The topological polar surface area (TPSA) is 52.3 Å². The molecule has 0 radical (unpaired) electrons. The molecule has 0 unspecified atom stereocenters. The van der Waals surface area contributed by atoms with Crippen LogP contribution < -0.4 is 10.5 Å². The van der Waals surface area contributed by atoms with E-state index in [9.17, 15) is 4.79 Å². The number of amides is 1. The summed E-state index contributed by atoms with van der Waals surface area (Å²) in [7, 11) is 0. The molecule has 0 aliphatic heterocycles. The van der Waals surface area contributed by atoms with Crippen molar-refractivity contribution < 1.29 is 9.53 Å². The van der Waals surface area contributed by atoms with Crippen molar-refractivity contribution >= 4 is 35.2 Å². The fourth-order valence-corrected chi connectivity index (χ4v) is 1.97. The summed E-state index contributed by atoms with van der Waals surface area (Å²) < 4.78 is 5.65. The number of nitrogens with two attached hydrogens (primary N) is 1. The van der Waals surface area contributed by atoms with E-state index in [4.69, 9.17) is 33.7 Å². The molecule has 5 heteroatoms. The number of halogens is 2. The Labute approximate surface area is 132 Å². The van der Waals surface area contributed by atoms with E-state index >= 15 is 0 Å². The van der Waals surface area contributed by atoms with Gasteiger partial charge in [0.2, 0.25) is 5.91 Å². The summed E-state index contributed by atoms with van der Waals surface area (Å²) in [6.45, 7) is 0.396. The van der Waals surface area contributed by atoms with Gasteiger partial charge in [-0.25, -0.2) is 0 Å². The highest BCUT2D eigenvalue weighted by atomic mass is 35.5. The third kappa shape index (κ3) is 4.81. The van der Waals surface area contributed by atoms with E-state index in [1.165, 1.54) is 6.08 Å². The summed E-state index contributed by atoms with van der Waals surface area (Å²) in [5.74, 6) is 0.243. The molecule has 0 aromatic heterocycles. The van der Waals surface area contributed by atoms with Crippen molar-refractivity contribution in [2.45, 2.75) is 6.61 Å². The molecular formula is C16H13Cl2NO2.